The molecule has 9 heteroatoms. The first-order valence-corrected chi connectivity index (χ1v) is 9.86. The van der Waals surface area contributed by atoms with E-state index in [9.17, 15) is 13.6 Å². The van der Waals surface area contributed by atoms with Crippen molar-refractivity contribution < 1.29 is 18.3 Å². The highest BCUT2D eigenvalue weighted by molar-refractivity contribution is 9.10. The van der Waals surface area contributed by atoms with Gasteiger partial charge in [0.1, 0.15) is 5.82 Å². The zero-order valence-corrected chi connectivity index (χ0v) is 17.2. The Morgan fingerprint density at radius 2 is 2.04 bits per heavy atom. The maximum absolute atomic E-state index is 12.8. The van der Waals surface area contributed by atoms with Crippen LogP contribution in [0.3, 0.4) is 0 Å². The fourth-order valence-corrected chi connectivity index (χ4v) is 3.57. The van der Waals surface area contributed by atoms with Crippen molar-refractivity contribution in [2.24, 2.45) is 11.7 Å². The predicted molar refractivity (Wildman–Crippen MR) is 104 cm³/mol. The number of benzene rings is 1. The van der Waals surface area contributed by atoms with E-state index in [4.69, 9.17) is 5.73 Å². The number of likely N-dealkylation sites (tertiary alicyclic amines) is 1. The molecule has 6 nitrogen and oxygen atoms in total. The average molecular weight is 457 g/mol. The molecule has 2 heterocycles. The summed E-state index contributed by atoms with van der Waals surface area (Å²) >= 11 is 3.40. The number of carbonyl (C=O) groups excluding carboxylic acids is 1. The van der Waals surface area contributed by atoms with E-state index in [1.54, 1.807) is 6.20 Å². The molecule has 1 fully saturated rings. The van der Waals surface area contributed by atoms with E-state index >= 15 is 0 Å². The number of carbonyl (C=O) groups is 1. The number of aromatic nitrogens is 2. The standard InChI is InChI=1S/C19H23BrF2N4O2/c1-10(2)16(23)18(27)26-9-13(28-19(21)22)7-15(26)17-24-8-14(25-17)11-3-5-12(20)6-4-11/h3-6,8,10,13,15-16,19H,7,9,23H2,1-2H3,(H,24,25). The van der Waals surface area contributed by atoms with Gasteiger partial charge in [0.15, 0.2) is 0 Å². The van der Waals surface area contributed by atoms with Crippen LogP contribution in [0.5, 0.6) is 0 Å². The van der Waals surface area contributed by atoms with Crippen LogP contribution in [0.4, 0.5) is 8.78 Å². The summed E-state index contributed by atoms with van der Waals surface area (Å²) in [7, 11) is 0. The van der Waals surface area contributed by atoms with E-state index in [1.807, 2.05) is 38.1 Å². The molecule has 1 aromatic carbocycles. The number of ether oxygens (including phenoxy) is 1. The minimum absolute atomic E-state index is 0.0581. The molecule has 152 valence electrons. The molecule has 0 saturated carbocycles. The maximum atomic E-state index is 12.8. The highest BCUT2D eigenvalue weighted by Gasteiger charge is 2.41. The molecule has 1 aliphatic rings. The number of imidazole rings is 1. The number of hydrogen-bond donors (Lipinski definition) is 2. The van der Waals surface area contributed by atoms with Gasteiger partial charge >= 0.3 is 6.61 Å². The molecule has 0 spiro atoms. The third kappa shape index (κ3) is 4.59. The number of hydrogen-bond acceptors (Lipinski definition) is 4. The normalized spacial score (nSPS) is 20.9. The fraction of sp³-hybridized carbons (Fsp3) is 0.474. The summed E-state index contributed by atoms with van der Waals surface area (Å²) in [4.78, 5) is 21.9. The van der Waals surface area contributed by atoms with Gasteiger partial charge in [-0.05, 0) is 23.6 Å². The minimum Gasteiger partial charge on any atom is -0.340 e. The Morgan fingerprint density at radius 3 is 2.64 bits per heavy atom. The van der Waals surface area contributed by atoms with E-state index in [0.29, 0.717) is 5.82 Å². The van der Waals surface area contributed by atoms with Crippen LogP contribution in [-0.2, 0) is 9.53 Å². The van der Waals surface area contributed by atoms with Crippen molar-refractivity contribution in [3.05, 3.63) is 40.8 Å². The quantitative estimate of drug-likeness (QED) is 0.693. The Labute approximate surface area is 170 Å². The summed E-state index contributed by atoms with van der Waals surface area (Å²) in [5.41, 5.74) is 7.73. The average Bonchev–Trinajstić information content (AvgIpc) is 3.27. The van der Waals surface area contributed by atoms with Crippen LogP contribution in [0.2, 0.25) is 0 Å². The SMILES string of the molecule is CC(C)C(N)C(=O)N1CC(OC(F)F)CC1c1ncc(-c2ccc(Br)cc2)[nH]1. The number of halogens is 3. The monoisotopic (exact) mass is 456 g/mol. The van der Waals surface area contributed by atoms with Crippen LogP contribution >= 0.6 is 15.9 Å². The summed E-state index contributed by atoms with van der Waals surface area (Å²) in [6, 6.07) is 6.47. The van der Waals surface area contributed by atoms with Gasteiger partial charge in [-0.15, -0.1) is 0 Å². The van der Waals surface area contributed by atoms with Crippen molar-refractivity contribution in [3.63, 3.8) is 0 Å². The Morgan fingerprint density at radius 1 is 1.36 bits per heavy atom. The lowest BCUT2D eigenvalue weighted by molar-refractivity contribution is -0.160. The van der Waals surface area contributed by atoms with Gasteiger partial charge in [-0.2, -0.15) is 8.78 Å². The molecule has 3 unspecified atom stereocenters. The number of nitrogens with zero attached hydrogens (tertiary/aromatic N) is 2. The summed E-state index contributed by atoms with van der Waals surface area (Å²) in [6.07, 6.45) is 1.13. The lowest BCUT2D eigenvalue weighted by Gasteiger charge is -2.27. The van der Waals surface area contributed by atoms with Crippen molar-refractivity contribution in [2.45, 2.75) is 45.1 Å². The third-order valence-corrected chi connectivity index (χ3v) is 5.44. The Bertz CT molecular complexity index is 813. The van der Waals surface area contributed by atoms with Gasteiger partial charge in [0.25, 0.3) is 0 Å². The van der Waals surface area contributed by atoms with E-state index in [0.717, 1.165) is 15.7 Å². The zero-order chi connectivity index (χ0) is 20.4. The van der Waals surface area contributed by atoms with Crippen molar-refractivity contribution in [3.8, 4) is 11.3 Å². The molecule has 1 amide bonds. The Kier molecular flexibility index (Phi) is 6.47. The highest BCUT2D eigenvalue weighted by Crippen LogP contribution is 2.34. The summed E-state index contributed by atoms with van der Waals surface area (Å²) < 4.78 is 31.1. The van der Waals surface area contributed by atoms with E-state index in [-0.39, 0.29) is 24.8 Å². The maximum Gasteiger partial charge on any atom is 0.345 e. The van der Waals surface area contributed by atoms with Gasteiger partial charge < -0.3 is 20.4 Å². The van der Waals surface area contributed by atoms with E-state index in [2.05, 4.69) is 30.6 Å². The number of H-pyrrole nitrogens is 1. The molecule has 3 N–H and O–H groups in total. The minimum atomic E-state index is -2.89. The summed E-state index contributed by atoms with van der Waals surface area (Å²) in [5.74, 6) is 0.169. The molecule has 0 aliphatic carbocycles. The summed E-state index contributed by atoms with van der Waals surface area (Å²) in [6.45, 7) is 0.857. The van der Waals surface area contributed by atoms with Crippen LogP contribution < -0.4 is 5.73 Å². The first kappa shape index (κ1) is 20.9. The molecule has 0 bridgehead atoms. The van der Waals surface area contributed by atoms with Crippen molar-refractivity contribution in [2.75, 3.05) is 6.54 Å². The molecular weight excluding hydrogens is 434 g/mol. The smallest absolute Gasteiger partial charge is 0.340 e. The second kappa shape index (κ2) is 8.67. The first-order chi connectivity index (χ1) is 13.3. The van der Waals surface area contributed by atoms with Gasteiger partial charge in [0.2, 0.25) is 5.91 Å². The van der Waals surface area contributed by atoms with Crippen LogP contribution in [-0.4, -0.2) is 46.1 Å². The molecule has 28 heavy (non-hydrogen) atoms. The number of aromatic amines is 1. The molecule has 1 aliphatic heterocycles. The number of nitrogens with two attached hydrogens (primary N) is 1. The molecule has 3 atom stereocenters. The lowest BCUT2D eigenvalue weighted by Crippen LogP contribution is -2.46. The number of rotatable bonds is 6. The number of alkyl halides is 2. The van der Waals surface area contributed by atoms with Crippen LogP contribution in [0.1, 0.15) is 32.1 Å². The Balaban J connectivity index is 1.86. The molecule has 1 aromatic heterocycles. The first-order valence-electron chi connectivity index (χ1n) is 9.06. The van der Waals surface area contributed by atoms with Crippen LogP contribution in [0.15, 0.2) is 34.9 Å². The molecular formula is C19H23BrF2N4O2. The van der Waals surface area contributed by atoms with Crippen molar-refractivity contribution >= 4 is 21.8 Å². The van der Waals surface area contributed by atoms with Crippen LogP contribution in [0, 0.1) is 5.92 Å². The van der Waals surface area contributed by atoms with Gasteiger partial charge in [-0.1, -0.05) is 41.9 Å². The van der Waals surface area contributed by atoms with Gasteiger partial charge in [0, 0.05) is 17.4 Å². The zero-order valence-electron chi connectivity index (χ0n) is 15.6. The van der Waals surface area contributed by atoms with Crippen LogP contribution in [0.25, 0.3) is 11.3 Å². The second-order valence-corrected chi connectivity index (χ2v) is 8.14. The Hall–Kier alpha value is -1.84. The van der Waals surface area contributed by atoms with E-state index < -0.39 is 24.8 Å². The third-order valence-electron chi connectivity index (χ3n) is 4.91. The second-order valence-electron chi connectivity index (χ2n) is 7.22. The molecule has 3 rings (SSSR count). The van der Waals surface area contributed by atoms with Gasteiger partial charge in [-0.25, -0.2) is 4.98 Å². The largest absolute Gasteiger partial charge is 0.345 e. The molecule has 1 saturated heterocycles. The van der Waals surface area contributed by atoms with Crippen molar-refractivity contribution in [1.29, 1.82) is 0 Å². The lowest BCUT2D eigenvalue weighted by atomic mass is 10.0. The number of nitrogens with one attached hydrogen (secondary N) is 1. The fourth-order valence-electron chi connectivity index (χ4n) is 3.30. The topological polar surface area (TPSA) is 84.2 Å². The van der Waals surface area contributed by atoms with Gasteiger partial charge in [0.05, 0.1) is 30.1 Å². The van der Waals surface area contributed by atoms with Gasteiger partial charge in [-0.3, -0.25) is 4.79 Å². The van der Waals surface area contributed by atoms with E-state index in [1.165, 1.54) is 4.90 Å². The van der Waals surface area contributed by atoms with Crippen molar-refractivity contribution in [1.82, 2.24) is 14.9 Å². The summed E-state index contributed by atoms with van der Waals surface area (Å²) in [5, 5.41) is 0. The highest BCUT2D eigenvalue weighted by atomic mass is 79.9. The predicted octanol–water partition coefficient (Wildman–Crippen LogP) is 3.70. The number of amides is 1. The molecule has 2 aromatic rings. The molecule has 0 radical (unpaired) electrons.